The highest BCUT2D eigenvalue weighted by molar-refractivity contribution is 5.78. The zero-order valence-electron chi connectivity index (χ0n) is 10.5. The van der Waals surface area contributed by atoms with E-state index < -0.39 is 0 Å². The molecule has 0 saturated carbocycles. The monoisotopic (exact) mass is 243 g/mol. The fourth-order valence-corrected chi connectivity index (χ4v) is 1.85. The molecule has 1 aromatic heterocycles. The molecule has 0 bridgehead atoms. The lowest BCUT2D eigenvalue weighted by Gasteiger charge is -2.05. The molecule has 1 aromatic carbocycles. The van der Waals surface area contributed by atoms with Crippen molar-refractivity contribution in [2.75, 3.05) is 6.54 Å². The molecule has 0 radical (unpaired) electrons. The fraction of sp³-hybridized carbons (Fsp3) is 0.267. The molecule has 94 valence electrons. The number of rotatable bonds is 5. The van der Waals surface area contributed by atoms with Crippen LogP contribution in [0.25, 0.3) is 0 Å². The maximum Gasteiger partial charge on any atom is 0.224 e. The van der Waals surface area contributed by atoms with Crippen LogP contribution in [0.4, 0.5) is 0 Å². The maximum absolute atomic E-state index is 11.7. The number of carbonyl (C=O) groups is 1. The average molecular weight is 243 g/mol. The highest BCUT2D eigenvalue weighted by Gasteiger charge is 2.03. The van der Waals surface area contributed by atoms with E-state index in [1.807, 2.05) is 37.3 Å². The Morgan fingerprint density at radius 3 is 2.89 bits per heavy atom. The molecular weight excluding hydrogens is 226 g/mol. The summed E-state index contributed by atoms with van der Waals surface area (Å²) in [5, 5.41) is 2.91. The molecule has 18 heavy (non-hydrogen) atoms. The van der Waals surface area contributed by atoms with Crippen LogP contribution in [0.3, 0.4) is 0 Å². The van der Waals surface area contributed by atoms with E-state index >= 15 is 0 Å². The normalized spacial score (nSPS) is 10.3. The van der Waals surface area contributed by atoms with Crippen molar-refractivity contribution in [3.05, 3.63) is 59.5 Å². The minimum atomic E-state index is 0.0593. The quantitative estimate of drug-likeness (QED) is 0.876. The third-order valence-corrected chi connectivity index (χ3v) is 2.76. The van der Waals surface area contributed by atoms with Crippen molar-refractivity contribution >= 4 is 5.91 Å². The van der Waals surface area contributed by atoms with Crippen molar-refractivity contribution in [1.82, 2.24) is 5.32 Å². The molecule has 1 N–H and O–H groups in total. The Kier molecular flexibility index (Phi) is 4.18. The van der Waals surface area contributed by atoms with Gasteiger partial charge in [-0.25, -0.2) is 0 Å². The first-order valence-electron chi connectivity index (χ1n) is 6.07. The summed E-state index contributed by atoms with van der Waals surface area (Å²) >= 11 is 0. The molecule has 0 aliphatic rings. The molecule has 0 spiro atoms. The standard InChI is InChI=1S/C15H17NO2/c1-12-3-2-4-14(9-12)10-15(17)16-7-5-13-6-8-18-11-13/h2-4,6,8-9,11H,5,7,10H2,1H3,(H,16,17). The summed E-state index contributed by atoms with van der Waals surface area (Å²) in [6.07, 6.45) is 4.58. The fourth-order valence-electron chi connectivity index (χ4n) is 1.85. The molecule has 0 fully saturated rings. The first-order chi connectivity index (χ1) is 8.74. The highest BCUT2D eigenvalue weighted by Crippen LogP contribution is 2.04. The van der Waals surface area contributed by atoms with Crippen LogP contribution in [0, 0.1) is 6.92 Å². The Morgan fingerprint density at radius 2 is 2.17 bits per heavy atom. The summed E-state index contributed by atoms with van der Waals surface area (Å²) < 4.78 is 4.97. The van der Waals surface area contributed by atoms with Gasteiger partial charge < -0.3 is 9.73 Å². The van der Waals surface area contributed by atoms with Crippen LogP contribution < -0.4 is 5.32 Å². The lowest BCUT2D eigenvalue weighted by molar-refractivity contribution is -0.120. The van der Waals surface area contributed by atoms with Gasteiger partial charge in [0.15, 0.2) is 0 Å². The van der Waals surface area contributed by atoms with Crippen LogP contribution in [-0.2, 0) is 17.6 Å². The van der Waals surface area contributed by atoms with Crippen LogP contribution >= 0.6 is 0 Å². The molecule has 1 heterocycles. The summed E-state index contributed by atoms with van der Waals surface area (Å²) in [6, 6.07) is 9.93. The van der Waals surface area contributed by atoms with Crippen LogP contribution in [0.1, 0.15) is 16.7 Å². The van der Waals surface area contributed by atoms with E-state index in [4.69, 9.17) is 4.42 Å². The lowest BCUT2D eigenvalue weighted by atomic mass is 10.1. The molecule has 0 atom stereocenters. The van der Waals surface area contributed by atoms with Crippen molar-refractivity contribution in [3.63, 3.8) is 0 Å². The second-order valence-corrected chi connectivity index (χ2v) is 4.40. The largest absolute Gasteiger partial charge is 0.472 e. The third kappa shape index (κ3) is 3.77. The van der Waals surface area contributed by atoms with Crippen LogP contribution in [-0.4, -0.2) is 12.5 Å². The smallest absolute Gasteiger partial charge is 0.224 e. The van der Waals surface area contributed by atoms with Gasteiger partial charge in [0.25, 0.3) is 0 Å². The van der Waals surface area contributed by atoms with Gasteiger partial charge in [-0.2, -0.15) is 0 Å². The van der Waals surface area contributed by atoms with Gasteiger partial charge in [-0.1, -0.05) is 29.8 Å². The Hall–Kier alpha value is -2.03. The number of hydrogen-bond acceptors (Lipinski definition) is 2. The first-order valence-corrected chi connectivity index (χ1v) is 6.07. The minimum absolute atomic E-state index is 0.0593. The van der Waals surface area contributed by atoms with E-state index in [2.05, 4.69) is 5.32 Å². The van der Waals surface area contributed by atoms with Crippen molar-refractivity contribution < 1.29 is 9.21 Å². The van der Waals surface area contributed by atoms with Gasteiger partial charge in [-0.05, 0) is 30.5 Å². The summed E-state index contributed by atoms with van der Waals surface area (Å²) in [4.78, 5) is 11.7. The van der Waals surface area contributed by atoms with E-state index in [-0.39, 0.29) is 5.91 Å². The minimum Gasteiger partial charge on any atom is -0.472 e. The molecule has 0 aliphatic carbocycles. The summed E-state index contributed by atoms with van der Waals surface area (Å²) in [5.41, 5.74) is 3.33. The third-order valence-electron chi connectivity index (χ3n) is 2.76. The van der Waals surface area contributed by atoms with Crippen LogP contribution in [0.2, 0.25) is 0 Å². The SMILES string of the molecule is Cc1cccc(CC(=O)NCCc2ccoc2)c1. The predicted molar refractivity (Wildman–Crippen MR) is 70.3 cm³/mol. The van der Waals surface area contributed by atoms with Gasteiger partial charge in [-0.15, -0.1) is 0 Å². The number of nitrogens with one attached hydrogen (secondary N) is 1. The lowest BCUT2D eigenvalue weighted by Crippen LogP contribution is -2.27. The second-order valence-electron chi connectivity index (χ2n) is 4.40. The molecule has 3 heteroatoms. The van der Waals surface area contributed by atoms with Gasteiger partial charge >= 0.3 is 0 Å². The Bertz CT molecular complexity index is 503. The van der Waals surface area contributed by atoms with Gasteiger partial charge in [0.05, 0.1) is 18.9 Å². The summed E-state index contributed by atoms with van der Waals surface area (Å²) in [7, 11) is 0. The topological polar surface area (TPSA) is 42.2 Å². The van der Waals surface area contributed by atoms with Gasteiger partial charge in [0.1, 0.15) is 0 Å². The number of furan rings is 1. The Labute approximate surface area is 107 Å². The molecule has 2 aromatic rings. The maximum atomic E-state index is 11.7. The molecular formula is C15H17NO2. The van der Waals surface area contributed by atoms with E-state index in [0.29, 0.717) is 13.0 Å². The first kappa shape index (κ1) is 12.4. The molecule has 3 nitrogen and oxygen atoms in total. The zero-order chi connectivity index (χ0) is 12.8. The van der Waals surface area contributed by atoms with Gasteiger partial charge in [-0.3, -0.25) is 4.79 Å². The van der Waals surface area contributed by atoms with Crippen molar-refractivity contribution in [3.8, 4) is 0 Å². The number of amides is 1. The van der Waals surface area contributed by atoms with Crippen molar-refractivity contribution in [2.24, 2.45) is 0 Å². The summed E-state index contributed by atoms with van der Waals surface area (Å²) in [5.74, 6) is 0.0593. The highest BCUT2D eigenvalue weighted by atomic mass is 16.3. The number of aryl methyl sites for hydroxylation is 1. The van der Waals surface area contributed by atoms with E-state index in [9.17, 15) is 4.79 Å². The van der Waals surface area contributed by atoms with Crippen molar-refractivity contribution in [2.45, 2.75) is 19.8 Å². The zero-order valence-corrected chi connectivity index (χ0v) is 10.5. The second kappa shape index (κ2) is 6.05. The Balaban J connectivity index is 1.75. The molecule has 1 amide bonds. The number of hydrogen-bond donors (Lipinski definition) is 1. The van der Waals surface area contributed by atoms with Crippen molar-refractivity contribution in [1.29, 1.82) is 0 Å². The van der Waals surface area contributed by atoms with E-state index in [1.54, 1.807) is 12.5 Å². The van der Waals surface area contributed by atoms with E-state index in [0.717, 1.165) is 17.5 Å². The summed E-state index contributed by atoms with van der Waals surface area (Å²) in [6.45, 7) is 2.67. The van der Waals surface area contributed by atoms with Crippen LogP contribution in [0.15, 0.2) is 47.3 Å². The molecule has 2 rings (SSSR count). The molecule has 0 saturated heterocycles. The van der Waals surface area contributed by atoms with E-state index in [1.165, 1.54) is 5.56 Å². The average Bonchev–Trinajstić information content (AvgIpc) is 2.82. The predicted octanol–water partition coefficient (Wildman–Crippen LogP) is 2.49. The molecule has 0 aliphatic heterocycles. The number of carbonyl (C=O) groups excluding carboxylic acids is 1. The Morgan fingerprint density at radius 1 is 1.28 bits per heavy atom. The van der Waals surface area contributed by atoms with Gasteiger partial charge in [0, 0.05) is 6.54 Å². The number of benzene rings is 1. The van der Waals surface area contributed by atoms with Crippen LogP contribution in [0.5, 0.6) is 0 Å². The van der Waals surface area contributed by atoms with Gasteiger partial charge in [0.2, 0.25) is 5.91 Å². The molecule has 0 unspecified atom stereocenters.